The van der Waals surface area contributed by atoms with Crippen LogP contribution < -0.4 is 15.6 Å². The van der Waals surface area contributed by atoms with E-state index in [0.29, 0.717) is 0 Å². The summed E-state index contributed by atoms with van der Waals surface area (Å²) in [5.74, 6) is -0.376. The number of primary sulfonamides is 1. The first-order valence-corrected chi connectivity index (χ1v) is 8.72. The molecule has 0 aliphatic carbocycles. The van der Waals surface area contributed by atoms with Crippen molar-refractivity contribution in [1.29, 1.82) is 0 Å². The molecule has 2 aromatic carbocycles. The molecule has 6 nitrogen and oxygen atoms in total. The Balaban J connectivity index is 1.86. The van der Waals surface area contributed by atoms with Crippen LogP contribution in [-0.2, 0) is 16.4 Å². The summed E-state index contributed by atoms with van der Waals surface area (Å²) in [6.45, 7) is 2.01. The molecule has 1 atom stereocenters. The molecule has 1 aliphatic rings. The number of anilines is 1. The number of sulfonamides is 1. The molecule has 0 fully saturated rings. The van der Waals surface area contributed by atoms with E-state index < -0.39 is 10.0 Å². The average molecular weight is 331 g/mol. The number of carbonyl (C=O) groups excluding carboxylic acids is 1. The van der Waals surface area contributed by atoms with E-state index in [1.807, 2.05) is 31.2 Å². The normalized spacial score (nSPS) is 17.0. The highest BCUT2D eigenvalue weighted by atomic mass is 32.2. The molecule has 1 amide bonds. The molecule has 1 unspecified atom stereocenters. The van der Waals surface area contributed by atoms with Crippen molar-refractivity contribution in [3.05, 3.63) is 59.7 Å². The van der Waals surface area contributed by atoms with E-state index in [1.54, 1.807) is 11.1 Å². The molecule has 0 saturated heterocycles. The summed E-state index contributed by atoms with van der Waals surface area (Å²) < 4.78 is 22.8. The van der Waals surface area contributed by atoms with E-state index in [2.05, 4.69) is 5.43 Å². The fourth-order valence-corrected chi connectivity index (χ4v) is 3.28. The number of hydrogen-bond donors (Lipinski definition) is 2. The predicted molar refractivity (Wildman–Crippen MR) is 87.4 cm³/mol. The molecule has 0 radical (unpaired) electrons. The third-order valence-corrected chi connectivity index (χ3v) is 4.77. The predicted octanol–water partition coefficient (Wildman–Crippen LogP) is 1.43. The fourth-order valence-electron chi connectivity index (χ4n) is 2.72. The van der Waals surface area contributed by atoms with E-state index in [1.165, 1.54) is 23.8 Å². The van der Waals surface area contributed by atoms with Crippen LogP contribution in [0.3, 0.4) is 0 Å². The topological polar surface area (TPSA) is 92.5 Å². The van der Waals surface area contributed by atoms with E-state index in [9.17, 15) is 13.2 Å². The molecular weight excluding hydrogens is 314 g/mol. The van der Waals surface area contributed by atoms with Gasteiger partial charge in [0.25, 0.3) is 5.91 Å². The highest BCUT2D eigenvalue weighted by molar-refractivity contribution is 7.89. The monoisotopic (exact) mass is 331 g/mol. The Morgan fingerprint density at radius 2 is 1.96 bits per heavy atom. The molecule has 3 rings (SSSR count). The molecule has 1 aliphatic heterocycles. The molecule has 0 spiro atoms. The number of benzene rings is 2. The van der Waals surface area contributed by atoms with Gasteiger partial charge in [0.05, 0.1) is 16.6 Å². The van der Waals surface area contributed by atoms with Crippen LogP contribution in [0.15, 0.2) is 53.4 Å². The van der Waals surface area contributed by atoms with E-state index in [4.69, 9.17) is 5.14 Å². The second-order valence-electron chi connectivity index (χ2n) is 5.57. The van der Waals surface area contributed by atoms with Crippen molar-refractivity contribution >= 4 is 21.6 Å². The highest BCUT2D eigenvalue weighted by Crippen LogP contribution is 2.30. The first-order valence-electron chi connectivity index (χ1n) is 7.17. The average Bonchev–Trinajstić information content (AvgIpc) is 2.83. The summed E-state index contributed by atoms with van der Waals surface area (Å²) in [4.78, 5) is 12.4. The lowest BCUT2D eigenvalue weighted by atomic mass is 10.1. The minimum Gasteiger partial charge on any atom is -0.282 e. The maximum Gasteiger partial charge on any atom is 0.269 e. The van der Waals surface area contributed by atoms with Gasteiger partial charge in [-0.15, -0.1) is 0 Å². The standard InChI is InChI=1S/C16H17N3O3S/c1-11-9-12-5-2-3-8-15(12)19(11)18-16(20)13-6-4-7-14(10-13)23(17,21)22/h2-8,10-11H,9H2,1H3,(H,18,20)(H2,17,21,22). The van der Waals surface area contributed by atoms with Crippen molar-refractivity contribution in [2.45, 2.75) is 24.3 Å². The second kappa shape index (κ2) is 5.68. The zero-order valence-electron chi connectivity index (χ0n) is 12.6. The van der Waals surface area contributed by atoms with Gasteiger partial charge in [-0.25, -0.2) is 13.6 Å². The summed E-state index contributed by atoms with van der Waals surface area (Å²) >= 11 is 0. The summed E-state index contributed by atoms with van der Waals surface area (Å²) in [7, 11) is -3.84. The Labute approximate surface area is 134 Å². The molecule has 7 heteroatoms. The van der Waals surface area contributed by atoms with Crippen LogP contribution in [-0.4, -0.2) is 20.4 Å². The molecule has 0 bridgehead atoms. The second-order valence-corrected chi connectivity index (χ2v) is 7.13. The minimum absolute atomic E-state index is 0.0833. The Morgan fingerprint density at radius 1 is 1.22 bits per heavy atom. The zero-order valence-corrected chi connectivity index (χ0v) is 13.4. The van der Waals surface area contributed by atoms with Crippen LogP contribution in [0.4, 0.5) is 5.69 Å². The van der Waals surface area contributed by atoms with Gasteiger partial charge < -0.3 is 0 Å². The number of para-hydroxylation sites is 1. The quantitative estimate of drug-likeness (QED) is 0.890. The van der Waals surface area contributed by atoms with Crippen molar-refractivity contribution in [3.63, 3.8) is 0 Å². The molecule has 0 saturated carbocycles. The van der Waals surface area contributed by atoms with Crippen LogP contribution >= 0.6 is 0 Å². The number of amides is 1. The lowest BCUT2D eigenvalue weighted by Gasteiger charge is -2.25. The number of rotatable bonds is 3. The molecule has 0 aromatic heterocycles. The Bertz CT molecular complexity index is 864. The Kier molecular flexibility index (Phi) is 3.83. The Morgan fingerprint density at radius 3 is 2.70 bits per heavy atom. The van der Waals surface area contributed by atoms with Crippen LogP contribution in [0.1, 0.15) is 22.8 Å². The van der Waals surface area contributed by atoms with E-state index in [0.717, 1.165) is 12.1 Å². The van der Waals surface area contributed by atoms with Crippen LogP contribution in [0.25, 0.3) is 0 Å². The first kappa shape index (κ1) is 15.5. The molecule has 3 N–H and O–H groups in total. The maximum absolute atomic E-state index is 12.4. The number of hydrazine groups is 1. The highest BCUT2D eigenvalue weighted by Gasteiger charge is 2.27. The summed E-state index contributed by atoms with van der Waals surface area (Å²) in [5.41, 5.74) is 5.20. The van der Waals surface area contributed by atoms with E-state index >= 15 is 0 Å². The van der Waals surface area contributed by atoms with Crippen molar-refractivity contribution in [2.24, 2.45) is 5.14 Å². The summed E-state index contributed by atoms with van der Waals surface area (Å²) in [6.07, 6.45) is 0.841. The molecular formula is C16H17N3O3S. The van der Waals surface area contributed by atoms with Gasteiger partial charge in [-0.1, -0.05) is 24.3 Å². The number of hydrogen-bond acceptors (Lipinski definition) is 4. The number of nitrogens with zero attached hydrogens (tertiary/aromatic N) is 1. The third kappa shape index (κ3) is 3.06. The van der Waals surface area contributed by atoms with Gasteiger partial charge >= 0.3 is 0 Å². The van der Waals surface area contributed by atoms with Gasteiger partial charge in [0.15, 0.2) is 0 Å². The van der Waals surface area contributed by atoms with Crippen molar-refractivity contribution in [3.8, 4) is 0 Å². The van der Waals surface area contributed by atoms with Crippen molar-refractivity contribution in [2.75, 3.05) is 5.01 Å². The van der Waals surface area contributed by atoms with Gasteiger partial charge in [-0.3, -0.25) is 15.2 Å². The van der Waals surface area contributed by atoms with Crippen LogP contribution in [0, 0.1) is 0 Å². The van der Waals surface area contributed by atoms with Gasteiger partial charge in [-0.2, -0.15) is 0 Å². The first-order chi connectivity index (χ1) is 10.9. The lowest BCUT2D eigenvalue weighted by molar-refractivity contribution is 0.0946. The van der Waals surface area contributed by atoms with Gasteiger partial charge in [0, 0.05) is 5.56 Å². The van der Waals surface area contributed by atoms with Gasteiger partial charge in [0.2, 0.25) is 10.0 Å². The van der Waals surface area contributed by atoms with Crippen LogP contribution in [0.5, 0.6) is 0 Å². The molecule has 23 heavy (non-hydrogen) atoms. The largest absolute Gasteiger partial charge is 0.282 e. The molecule has 1 heterocycles. The lowest BCUT2D eigenvalue weighted by Crippen LogP contribution is -2.45. The fraction of sp³-hybridized carbons (Fsp3) is 0.188. The van der Waals surface area contributed by atoms with Gasteiger partial charge in [-0.05, 0) is 43.2 Å². The smallest absolute Gasteiger partial charge is 0.269 e. The van der Waals surface area contributed by atoms with Crippen molar-refractivity contribution < 1.29 is 13.2 Å². The number of fused-ring (bicyclic) bond motifs is 1. The third-order valence-electron chi connectivity index (χ3n) is 3.85. The van der Waals surface area contributed by atoms with Crippen LogP contribution in [0.2, 0.25) is 0 Å². The summed E-state index contributed by atoms with van der Waals surface area (Å²) in [6, 6.07) is 13.7. The number of carbonyl (C=O) groups is 1. The Hall–Kier alpha value is -2.38. The van der Waals surface area contributed by atoms with Gasteiger partial charge in [0.1, 0.15) is 0 Å². The molecule has 2 aromatic rings. The maximum atomic E-state index is 12.4. The van der Waals surface area contributed by atoms with E-state index in [-0.39, 0.29) is 22.4 Å². The number of nitrogens with one attached hydrogen (secondary N) is 1. The molecule has 120 valence electrons. The van der Waals surface area contributed by atoms with Crippen molar-refractivity contribution in [1.82, 2.24) is 5.43 Å². The SMILES string of the molecule is CC1Cc2ccccc2N1NC(=O)c1cccc(S(N)(=O)=O)c1. The number of nitrogens with two attached hydrogens (primary N) is 1. The zero-order chi connectivity index (χ0) is 16.6. The minimum atomic E-state index is -3.84. The summed E-state index contributed by atoms with van der Waals surface area (Å²) in [5, 5.41) is 6.91.